The number of aromatic hydroxyl groups is 1. The lowest BCUT2D eigenvalue weighted by molar-refractivity contribution is -0.134. The molecule has 1 aliphatic heterocycles. The number of carbonyl (C=O) groups excluding carboxylic acids is 2. The van der Waals surface area contributed by atoms with Crippen molar-refractivity contribution in [2.75, 3.05) is 13.7 Å². The molecule has 45 heavy (non-hydrogen) atoms. The van der Waals surface area contributed by atoms with E-state index < -0.39 is 11.5 Å². The van der Waals surface area contributed by atoms with Crippen LogP contribution in [0.2, 0.25) is 0 Å². The highest BCUT2D eigenvalue weighted by atomic mass is 16.5. The van der Waals surface area contributed by atoms with Gasteiger partial charge in [-0.05, 0) is 112 Å². The lowest BCUT2D eigenvalue weighted by Gasteiger charge is -2.54. The fraction of sp³-hybridized carbons (Fsp3) is 0.737. The third kappa shape index (κ3) is 6.58. The van der Waals surface area contributed by atoms with Crippen molar-refractivity contribution >= 4 is 11.6 Å². The number of nitrogens with one attached hydrogen (secondary N) is 1. The molecule has 4 fully saturated rings. The van der Waals surface area contributed by atoms with Gasteiger partial charge in [-0.1, -0.05) is 37.5 Å². The quantitative estimate of drug-likeness (QED) is 0.287. The van der Waals surface area contributed by atoms with Gasteiger partial charge in [0.05, 0.1) is 13.2 Å². The van der Waals surface area contributed by atoms with Gasteiger partial charge in [-0.25, -0.2) is 0 Å². The maximum atomic E-state index is 13.9. The van der Waals surface area contributed by atoms with E-state index >= 15 is 0 Å². The molecule has 246 valence electrons. The van der Waals surface area contributed by atoms with Crippen LogP contribution < -0.4 is 10.1 Å². The van der Waals surface area contributed by atoms with Crippen LogP contribution in [0, 0.1) is 35.0 Å². The molecule has 3 saturated carbocycles. The molecule has 7 nitrogen and oxygen atoms in total. The zero-order chi connectivity index (χ0) is 31.6. The van der Waals surface area contributed by atoms with E-state index in [1.54, 1.807) is 6.07 Å². The molecule has 0 unspecified atom stereocenters. The van der Waals surface area contributed by atoms with Crippen molar-refractivity contribution in [1.82, 2.24) is 5.32 Å². The van der Waals surface area contributed by atoms with Crippen LogP contribution in [0.3, 0.4) is 0 Å². The van der Waals surface area contributed by atoms with Gasteiger partial charge in [0.1, 0.15) is 11.2 Å². The van der Waals surface area contributed by atoms with Crippen molar-refractivity contribution in [2.24, 2.45) is 23.2 Å². The third-order valence-corrected chi connectivity index (χ3v) is 12.4. The molecule has 4 aliphatic carbocycles. The highest BCUT2D eigenvalue weighted by Crippen LogP contribution is 2.49. The lowest BCUT2D eigenvalue weighted by atomic mass is 9.60. The SMILES string of the molecule is COc1cc2c(cc1O)[C@@H](CCCO)C#C[C@]1(CC[C@H](CC[C@H]3C[C@H]4CCC(=O)C[C@H]4NC34CCCCC4)C[C@H]1O)C(=O)CC2. The molecule has 0 amide bonds. The summed E-state index contributed by atoms with van der Waals surface area (Å²) in [6, 6.07) is 3.86. The van der Waals surface area contributed by atoms with Crippen LogP contribution in [0.5, 0.6) is 11.5 Å². The molecule has 7 atom stereocenters. The van der Waals surface area contributed by atoms with Gasteiger partial charge in [0.25, 0.3) is 0 Å². The van der Waals surface area contributed by atoms with Crippen molar-refractivity contribution in [3.63, 3.8) is 0 Å². The average molecular weight is 620 g/mol. The van der Waals surface area contributed by atoms with Crippen molar-refractivity contribution in [3.8, 4) is 23.3 Å². The minimum absolute atomic E-state index is 0.0114. The first-order valence-corrected chi connectivity index (χ1v) is 17.8. The van der Waals surface area contributed by atoms with Gasteiger partial charge >= 0.3 is 0 Å². The minimum Gasteiger partial charge on any atom is -0.504 e. The van der Waals surface area contributed by atoms with E-state index in [0.29, 0.717) is 73.9 Å². The number of phenols is 1. The fourth-order valence-corrected chi connectivity index (χ4v) is 9.81. The maximum absolute atomic E-state index is 13.9. The Balaban J connectivity index is 1.17. The molecule has 5 aliphatic rings. The number of ketones is 2. The number of carbonyl (C=O) groups is 2. The van der Waals surface area contributed by atoms with Gasteiger partial charge in [0, 0.05) is 43.4 Å². The van der Waals surface area contributed by atoms with Crippen molar-refractivity contribution in [1.29, 1.82) is 0 Å². The molecule has 0 radical (unpaired) electrons. The number of Topliss-reactive ketones (excluding diaryl/α,β-unsaturated/α-hetero) is 2. The molecule has 0 bridgehead atoms. The molecule has 1 saturated heterocycles. The molecule has 1 aromatic rings. The zero-order valence-corrected chi connectivity index (χ0v) is 27.1. The topological polar surface area (TPSA) is 116 Å². The highest BCUT2D eigenvalue weighted by molar-refractivity contribution is 5.89. The Labute approximate surface area is 268 Å². The predicted octanol–water partition coefficient (Wildman–Crippen LogP) is 5.75. The van der Waals surface area contributed by atoms with Crippen molar-refractivity contribution < 1.29 is 29.6 Å². The van der Waals surface area contributed by atoms with E-state index in [1.165, 1.54) is 45.6 Å². The molecular weight excluding hydrogens is 566 g/mol. The Kier molecular flexibility index (Phi) is 9.95. The van der Waals surface area contributed by atoms with Crippen LogP contribution in [0.4, 0.5) is 0 Å². The van der Waals surface area contributed by atoms with E-state index in [2.05, 4.69) is 17.2 Å². The Hall–Kier alpha value is -2.40. The Morgan fingerprint density at radius 2 is 1.82 bits per heavy atom. The summed E-state index contributed by atoms with van der Waals surface area (Å²) < 4.78 is 5.36. The number of benzene rings is 1. The van der Waals surface area contributed by atoms with Crippen LogP contribution in [0.15, 0.2) is 12.1 Å². The molecule has 0 aromatic heterocycles. The van der Waals surface area contributed by atoms with E-state index in [-0.39, 0.29) is 36.0 Å². The summed E-state index contributed by atoms with van der Waals surface area (Å²) in [5.41, 5.74) is 0.893. The number of ether oxygens (including phenoxy) is 1. The zero-order valence-electron chi connectivity index (χ0n) is 27.1. The van der Waals surface area contributed by atoms with Gasteiger partial charge in [0.15, 0.2) is 17.3 Å². The van der Waals surface area contributed by atoms with Gasteiger partial charge in [-0.2, -0.15) is 0 Å². The summed E-state index contributed by atoms with van der Waals surface area (Å²) in [6.07, 6.45) is 15.3. The second kappa shape index (κ2) is 13.8. The van der Waals surface area contributed by atoms with Crippen LogP contribution in [0.25, 0.3) is 0 Å². The average Bonchev–Trinajstić information content (AvgIpc) is 3.08. The molecular formula is C38H53NO6. The van der Waals surface area contributed by atoms with Crippen molar-refractivity contribution in [3.05, 3.63) is 23.3 Å². The summed E-state index contributed by atoms with van der Waals surface area (Å²) >= 11 is 0. The Morgan fingerprint density at radius 1 is 1.00 bits per heavy atom. The third-order valence-electron chi connectivity index (χ3n) is 12.4. The predicted molar refractivity (Wildman–Crippen MR) is 173 cm³/mol. The first-order chi connectivity index (χ1) is 21.8. The first-order valence-electron chi connectivity index (χ1n) is 17.8. The largest absolute Gasteiger partial charge is 0.504 e. The minimum atomic E-state index is -1.07. The summed E-state index contributed by atoms with van der Waals surface area (Å²) in [6.45, 7) is 0.0430. The van der Waals surface area contributed by atoms with Gasteiger partial charge in [-0.3, -0.25) is 9.59 Å². The molecule has 4 N–H and O–H groups in total. The molecule has 2 spiro atoms. The number of aliphatic hydroxyl groups is 2. The number of methoxy groups -OCH3 is 1. The second-order valence-electron chi connectivity index (χ2n) is 15.0. The Bertz CT molecular complexity index is 1310. The van der Waals surface area contributed by atoms with Crippen LogP contribution in [0.1, 0.15) is 126 Å². The summed E-state index contributed by atoms with van der Waals surface area (Å²) in [5, 5.41) is 36.0. The number of aryl methyl sites for hydroxylation is 1. The second-order valence-corrected chi connectivity index (χ2v) is 15.0. The standard InChI is InChI=1S/C38H53NO6/c1-45-34-22-27-9-12-35(43)37(18-14-26(6-5-19-40)31(27)24-33(34)42)17-13-25(20-36(37)44)7-10-29-21-28-8-11-30(41)23-32(28)39-38(29)15-3-2-4-16-38/h22,24-26,28-29,32,36,39-40,42,44H,2-13,15-17,19-21,23H2,1H3/t25-,26-,28+,29-,32+,36+,37+/m0/s1. The lowest BCUT2D eigenvalue weighted by Crippen LogP contribution is -2.63. The van der Waals surface area contributed by atoms with E-state index in [9.17, 15) is 24.9 Å². The monoisotopic (exact) mass is 619 g/mol. The summed E-state index contributed by atoms with van der Waals surface area (Å²) in [4.78, 5) is 26.2. The number of phenolic OH excluding ortho intramolecular Hbond substituents is 1. The number of rotatable bonds is 7. The van der Waals surface area contributed by atoms with Gasteiger partial charge < -0.3 is 25.4 Å². The molecule has 1 heterocycles. The number of fused-ring (bicyclic) bond motifs is 2. The van der Waals surface area contributed by atoms with Crippen LogP contribution in [-0.4, -0.2) is 58.3 Å². The van der Waals surface area contributed by atoms with Crippen LogP contribution >= 0.6 is 0 Å². The normalized spacial score (nSPS) is 34.6. The number of hydrogen-bond acceptors (Lipinski definition) is 7. The van der Waals surface area contributed by atoms with E-state index in [4.69, 9.17) is 4.74 Å². The van der Waals surface area contributed by atoms with Crippen molar-refractivity contribution in [2.45, 2.75) is 139 Å². The van der Waals surface area contributed by atoms with Crippen LogP contribution in [-0.2, 0) is 16.0 Å². The fourth-order valence-electron chi connectivity index (χ4n) is 9.81. The molecule has 1 aromatic carbocycles. The maximum Gasteiger partial charge on any atom is 0.160 e. The molecule has 6 rings (SSSR count). The molecule has 7 heteroatoms. The van der Waals surface area contributed by atoms with E-state index in [1.807, 2.05) is 6.07 Å². The Morgan fingerprint density at radius 3 is 2.58 bits per heavy atom. The van der Waals surface area contributed by atoms with E-state index in [0.717, 1.165) is 43.2 Å². The number of piperidine rings is 1. The summed E-state index contributed by atoms with van der Waals surface area (Å²) in [5.74, 6) is 8.89. The summed E-state index contributed by atoms with van der Waals surface area (Å²) in [7, 11) is 1.52. The number of hydrogen-bond donors (Lipinski definition) is 4. The number of aliphatic hydroxyl groups excluding tert-OH is 2. The highest BCUT2D eigenvalue weighted by Gasteiger charge is 2.50. The van der Waals surface area contributed by atoms with Gasteiger partial charge in [0.2, 0.25) is 0 Å². The first kappa shape index (κ1) is 32.5. The smallest absolute Gasteiger partial charge is 0.160 e. The van der Waals surface area contributed by atoms with Gasteiger partial charge in [-0.15, -0.1) is 0 Å².